The number of methoxy groups -OCH3 is 1. The number of ether oxygens (including phenoxy) is 1. The zero-order valence-electron chi connectivity index (χ0n) is 19.6. The Morgan fingerprint density at radius 2 is 1.63 bits per heavy atom. The Hall–Kier alpha value is -4.32. The summed E-state index contributed by atoms with van der Waals surface area (Å²) in [5.74, 6) is 0.447. The van der Waals surface area contributed by atoms with E-state index in [1.807, 2.05) is 78.6 Å². The van der Waals surface area contributed by atoms with Crippen LogP contribution in [0.3, 0.4) is 0 Å². The van der Waals surface area contributed by atoms with Crippen molar-refractivity contribution in [2.45, 2.75) is 25.4 Å². The second-order valence-electron chi connectivity index (χ2n) is 8.52. The first-order chi connectivity index (χ1) is 17.1. The number of hydrogen-bond acceptors (Lipinski definition) is 4. The predicted molar refractivity (Wildman–Crippen MR) is 135 cm³/mol. The average Bonchev–Trinajstić information content (AvgIpc) is 3.44. The van der Waals surface area contributed by atoms with E-state index in [-0.39, 0.29) is 29.7 Å². The highest BCUT2D eigenvalue weighted by atomic mass is 16.5. The van der Waals surface area contributed by atoms with E-state index in [1.165, 1.54) is 6.26 Å². The molecule has 2 amide bonds. The predicted octanol–water partition coefficient (Wildman–Crippen LogP) is 6.12. The van der Waals surface area contributed by atoms with Crippen LogP contribution in [0.5, 0.6) is 5.75 Å². The molecule has 4 aromatic rings. The van der Waals surface area contributed by atoms with Crippen molar-refractivity contribution in [1.82, 2.24) is 0 Å². The fraction of sp³-hybridized carbons (Fsp3) is 0.172. The van der Waals surface area contributed by atoms with Crippen molar-refractivity contribution < 1.29 is 18.7 Å². The topological polar surface area (TPSA) is 63.0 Å². The molecule has 6 nitrogen and oxygen atoms in total. The first-order valence-corrected chi connectivity index (χ1v) is 11.6. The molecule has 0 bridgehead atoms. The van der Waals surface area contributed by atoms with E-state index < -0.39 is 0 Å². The van der Waals surface area contributed by atoms with Gasteiger partial charge < -0.3 is 19.0 Å². The Morgan fingerprint density at radius 3 is 2.37 bits per heavy atom. The van der Waals surface area contributed by atoms with E-state index in [0.29, 0.717) is 17.7 Å². The highest BCUT2D eigenvalue weighted by Crippen LogP contribution is 2.43. The van der Waals surface area contributed by atoms with Crippen molar-refractivity contribution >= 4 is 23.2 Å². The second-order valence-corrected chi connectivity index (χ2v) is 8.52. The number of carbonyl (C=O) groups excluding carboxylic acids is 2. The number of nitrogens with zero attached hydrogens (tertiary/aromatic N) is 2. The molecule has 0 saturated carbocycles. The van der Waals surface area contributed by atoms with Gasteiger partial charge in [-0.05, 0) is 61.4 Å². The molecule has 176 valence electrons. The number of carbonyl (C=O) groups is 2. The molecule has 35 heavy (non-hydrogen) atoms. The van der Waals surface area contributed by atoms with Gasteiger partial charge in [0.15, 0.2) is 5.76 Å². The molecule has 0 N–H and O–H groups in total. The molecule has 2 heterocycles. The summed E-state index contributed by atoms with van der Waals surface area (Å²) in [6.45, 7) is 2.00. The zero-order valence-corrected chi connectivity index (χ0v) is 19.6. The summed E-state index contributed by atoms with van der Waals surface area (Å²) in [7, 11) is 1.56. The van der Waals surface area contributed by atoms with Gasteiger partial charge in [-0.1, -0.05) is 48.5 Å². The molecule has 6 heteroatoms. The van der Waals surface area contributed by atoms with Gasteiger partial charge in [0.25, 0.3) is 11.8 Å². The molecular formula is C29H26N2O4. The summed E-state index contributed by atoms with van der Waals surface area (Å²) in [6, 6.07) is 27.5. The quantitative estimate of drug-likeness (QED) is 0.356. The lowest BCUT2D eigenvalue weighted by molar-refractivity contribution is 0.0944. The number of benzene rings is 3. The summed E-state index contributed by atoms with van der Waals surface area (Å²) in [5, 5.41) is 0. The average molecular weight is 467 g/mol. The first-order valence-electron chi connectivity index (χ1n) is 11.6. The van der Waals surface area contributed by atoms with Gasteiger partial charge in [0, 0.05) is 17.4 Å². The van der Waals surface area contributed by atoms with E-state index in [0.717, 1.165) is 16.9 Å². The molecule has 0 radical (unpaired) electrons. The number of anilines is 2. The summed E-state index contributed by atoms with van der Waals surface area (Å²) >= 11 is 0. The largest absolute Gasteiger partial charge is 0.496 e. The van der Waals surface area contributed by atoms with Gasteiger partial charge in [-0.15, -0.1) is 0 Å². The maximum absolute atomic E-state index is 14.1. The Balaban J connectivity index is 1.63. The molecule has 0 saturated heterocycles. The van der Waals surface area contributed by atoms with Crippen LogP contribution in [0.1, 0.15) is 45.9 Å². The van der Waals surface area contributed by atoms with Crippen molar-refractivity contribution in [2.24, 2.45) is 0 Å². The van der Waals surface area contributed by atoms with Crippen LogP contribution in [-0.4, -0.2) is 25.0 Å². The van der Waals surface area contributed by atoms with Gasteiger partial charge in [0.2, 0.25) is 0 Å². The van der Waals surface area contributed by atoms with Crippen LogP contribution in [0, 0.1) is 0 Å². The number of para-hydroxylation sites is 3. The monoisotopic (exact) mass is 466 g/mol. The molecule has 2 unspecified atom stereocenters. The number of amides is 2. The molecule has 0 aliphatic carbocycles. The van der Waals surface area contributed by atoms with Crippen molar-refractivity contribution in [3.8, 4) is 5.75 Å². The molecule has 0 fully saturated rings. The first kappa shape index (κ1) is 22.5. The number of fused-ring (bicyclic) bond motifs is 1. The molecule has 5 rings (SSSR count). The van der Waals surface area contributed by atoms with Gasteiger partial charge in [0.05, 0.1) is 25.0 Å². The van der Waals surface area contributed by atoms with Crippen LogP contribution in [0.4, 0.5) is 11.4 Å². The smallest absolute Gasteiger partial charge is 0.294 e. The zero-order chi connectivity index (χ0) is 24.4. The van der Waals surface area contributed by atoms with Crippen molar-refractivity contribution in [1.29, 1.82) is 0 Å². The Labute approximate surface area is 204 Å². The van der Waals surface area contributed by atoms with E-state index in [2.05, 4.69) is 0 Å². The fourth-order valence-electron chi connectivity index (χ4n) is 4.83. The third-order valence-electron chi connectivity index (χ3n) is 6.41. The van der Waals surface area contributed by atoms with Crippen molar-refractivity contribution in [3.63, 3.8) is 0 Å². The summed E-state index contributed by atoms with van der Waals surface area (Å²) in [5.41, 5.74) is 2.93. The normalized spacial score (nSPS) is 16.9. The SMILES string of the molecule is COc1ccccc1C(=O)N(c1ccccc1)C1CC(C)N(C(=O)c2ccco2)c2ccccc21. The van der Waals surface area contributed by atoms with E-state index in [4.69, 9.17) is 9.15 Å². The van der Waals surface area contributed by atoms with Gasteiger partial charge >= 0.3 is 0 Å². The van der Waals surface area contributed by atoms with Gasteiger partial charge in [-0.2, -0.15) is 0 Å². The van der Waals surface area contributed by atoms with Crippen LogP contribution >= 0.6 is 0 Å². The van der Waals surface area contributed by atoms with E-state index >= 15 is 0 Å². The molecule has 1 aliphatic rings. The summed E-state index contributed by atoms with van der Waals surface area (Å²) in [4.78, 5) is 31.0. The van der Waals surface area contributed by atoms with Gasteiger partial charge in [-0.25, -0.2) is 0 Å². The molecule has 0 spiro atoms. The van der Waals surface area contributed by atoms with Crippen LogP contribution in [-0.2, 0) is 0 Å². The van der Waals surface area contributed by atoms with Crippen LogP contribution < -0.4 is 14.5 Å². The van der Waals surface area contributed by atoms with E-state index in [1.54, 1.807) is 36.3 Å². The lowest BCUT2D eigenvalue weighted by Crippen LogP contribution is -2.47. The van der Waals surface area contributed by atoms with Gasteiger partial charge in [0.1, 0.15) is 5.75 Å². The molecule has 1 aliphatic heterocycles. The van der Waals surface area contributed by atoms with Crippen molar-refractivity contribution in [3.05, 3.63) is 114 Å². The summed E-state index contributed by atoms with van der Waals surface area (Å²) in [6.07, 6.45) is 2.05. The third kappa shape index (κ3) is 4.08. The molecular weight excluding hydrogens is 440 g/mol. The molecule has 2 atom stereocenters. The third-order valence-corrected chi connectivity index (χ3v) is 6.41. The lowest BCUT2D eigenvalue weighted by Gasteiger charge is -2.43. The second kappa shape index (κ2) is 9.50. The fourth-order valence-corrected chi connectivity index (χ4v) is 4.83. The minimum Gasteiger partial charge on any atom is -0.496 e. The number of hydrogen-bond donors (Lipinski definition) is 0. The highest BCUT2D eigenvalue weighted by molar-refractivity contribution is 6.09. The number of rotatable bonds is 5. The molecule has 3 aromatic carbocycles. The Morgan fingerprint density at radius 1 is 0.914 bits per heavy atom. The maximum atomic E-state index is 14.1. The lowest BCUT2D eigenvalue weighted by atomic mass is 9.89. The molecule has 1 aromatic heterocycles. The standard InChI is InChI=1S/C29H26N2O4/c1-20-19-25(22-13-6-8-15-24(22)30(20)29(33)27-17-10-18-35-27)31(21-11-4-3-5-12-21)28(32)23-14-7-9-16-26(23)34-2/h3-18,20,25H,19H2,1-2H3. The number of furan rings is 1. The maximum Gasteiger partial charge on any atom is 0.294 e. The van der Waals surface area contributed by atoms with Crippen LogP contribution in [0.15, 0.2) is 102 Å². The van der Waals surface area contributed by atoms with Gasteiger partial charge in [-0.3, -0.25) is 9.59 Å². The highest BCUT2D eigenvalue weighted by Gasteiger charge is 2.40. The van der Waals surface area contributed by atoms with Crippen LogP contribution in [0.25, 0.3) is 0 Å². The Kier molecular flexibility index (Phi) is 6.10. The minimum absolute atomic E-state index is 0.161. The summed E-state index contributed by atoms with van der Waals surface area (Å²) < 4.78 is 10.9. The van der Waals surface area contributed by atoms with Crippen molar-refractivity contribution in [2.75, 3.05) is 16.9 Å². The minimum atomic E-state index is -0.290. The van der Waals surface area contributed by atoms with Crippen LogP contribution in [0.2, 0.25) is 0 Å². The van der Waals surface area contributed by atoms with E-state index in [9.17, 15) is 9.59 Å². The Bertz CT molecular complexity index is 1330.